The first-order chi connectivity index (χ1) is 18.7. The number of rotatable bonds is 21. The quantitative estimate of drug-likeness (QED) is 0.0458. The highest BCUT2D eigenvalue weighted by molar-refractivity contribution is 5.92. The molecule has 214 valence electrons. The number of benzene rings is 1. The number of hydrogen-bond acceptors (Lipinski definition) is 6. The Labute approximate surface area is 230 Å². The lowest BCUT2D eigenvalue weighted by molar-refractivity contribution is -0.459. The number of Topliss-reactive ketones (excluding diaryl/α,β-unsaturated/α-hetero) is 1. The van der Waals surface area contributed by atoms with Crippen molar-refractivity contribution in [2.24, 2.45) is 17.4 Å². The Morgan fingerprint density at radius 1 is 1.08 bits per heavy atom. The molecule has 3 atom stereocenters. The molecule has 0 saturated heterocycles. The van der Waals surface area contributed by atoms with Gasteiger partial charge in [0.05, 0.1) is 18.6 Å². The average Bonchev–Trinajstić information content (AvgIpc) is 2.89. The lowest BCUT2D eigenvalue weighted by Gasteiger charge is -2.23. The summed E-state index contributed by atoms with van der Waals surface area (Å²) in [7, 11) is 0. The van der Waals surface area contributed by atoms with E-state index >= 15 is 0 Å². The van der Waals surface area contributed by atoms with Crippen molar-refractivity contribution in [3.63, 3.8) is 0 Å². The van der Waals surface area contributed by atoms with Crippen LogP contribution < -0.4 is 31.8 Å². The molecule has 39 heavy (non-hydrogen) atoms. The molecule has 2 amide bonds. The van der Waals surface area contributed by atoms with Crippen molar-refractivity contribution >= 4 is 30.0 Å². The fourth-order valence-corrected chi connectivity index (χ4v) is 3.91. The maximum atomic E-state index is 13.4. The summed E-state index contributed by atoms with van der Waals surface area (Å²) in [5, 5.41) is 5.58. The summed E-state index contributed by atoms with van der Waals surface area (Å²) in [5.41, 5.74) is 11.7. The number of nitrogens with two attached hydrogens (primary N) is 2. The van der Waals surface area contributed by atoms with Crippen molar-refractivity contribution in [1.82, 2.24) is 10.6 Å². The lowest BCUT2D eigenvalue weighted by Crippen LogP contribution is -2.78. The number of amides is 2. The van der Waals surface area contributed by atoms with Gasteiger partial charge in [0.25, 0.3) is 6.47 Å². The van der Waals surface area contributed by atoms with E-state index in [2.05, 4.69) is 28.8 Å². The van der Waals surface area contributed by atoms with Crippen LogP contribution in [-0.4, -0.2) is 61.9 Å². The molecular weight excluding hydrogens is 502 g/mol. The van der Waals surface area contributed by atoms with Crippen LogP contribution >= 0.6 is 0 Å². The van der Waals surface area contributed by atoms with Crippen molar-refractivity contribution in [2.45, 2.75) is 57.5 Å². The number of ketones is 1. The molecule has 0 heterocycles. The van der Waals surface area contributed by atoms with E-state index in [1.54, 1.807) is 24.3 Å². The molecule has 0 radical (unpaired) electrons. The second-order valence-electron chi connectivity index (χ2n) is 9.11. The maximum Gasteiger partial charge on any atom is 0.338 e. The lowest BCUT2D eigenvalue weighted by atomic mass is 9.90. The minimum absolute atomic E-state index is 0.0154. The number of nitrogens with one attached hydrogen (secondary N) is 3. The minimum Gasteiger partial charge on any atom is -0.490 e. The highest BCUT2D eigenvalue weighted by Gasteiger charge is 2.28. The van der Waals surface area contributed by atoms with Crippen LogP contribution in [0.4, 0.5) is 0 Å². The molecule has 0 aromatic heterocycles. The predicted octanol–water partition coefficient (Wildman–Crippen LogP) is -0.368. The molecule has 0 fully saturated rings. The van der Waals surface area contributed by atoms with Gasteiger partial charge < -0.3 is 20.1 Å². The van der Waals surface area contributed by atoms with E-state index in [1.165, 1.54) is 6.92 Å². The molecule has 0 aliphatic rings. The first-order valence-electron chi connectivity index (χ1n) is 12.9. The zero-order chi connectivity index (χ0) is 29.0. The predicted molar refractivity (Wildman–Crippen MR) is 148 cm³/mol. The third kappa shape index (κ3) is 14.4. The van der Waals surface area contributed by atoms with Gasteiger partial charge in [0.15, 0.2) is 5.78 Å². The second kappa shape index (κ2) is 19.0. The smallest absolute Gasteiger partial charge is 0.338 e. The molecule has 1 aromatic carbocycles. The zero-order valence-electron chi connectivity index (χ0n) is 22.7. The molecule has 1 aromatic rings. The Bertz CT molecular complexity index is 975. The number of ether oxygens (including phenoxy) is 2. The number of carbonyl (C=O) groups excluding carboxylic acids is 4. The van der Waals surface area contributed by atoms with Gasteiger partial charge in [-0.3, -0.25) is 35.6 Å². The van der Waals surface area contributed by atoms with Crippen LogP contribution in [-0.2, 0) is 30.3 Å². The standard InChI is InChI=1S/C28H41N5O6/c1-4-8-23(18-38-19-34)33-27(37)22(9-6-7-14-31-28(29)30)17-26(36)25(32-20(3)35)16-21-10-12-24(13-11-21)39-15-5-2/h4-5,10-13,19,22-23,25H,1-2,6-9,14-18H2,3H3,(H,32,35)(H,33,37)(H4,29,30,31)/p+1/t22-,23+,25+/m1/s1. The van der Waals surface area contributed by atoms with Crippen LogP contribution in [0.3, 0.4) is 0 Å². The van der Waals surface area contributed by atoms with E-state index in [0.29, 0.717) is 51.1 Å². The number of guanidine groups is 1. The molecule has 0 aliphatic carbocycles. The van der Waals surface area contributed by atoms with Crippen LogP contribution in [0, 0.1) is 5.92 Å². The van der Waals surface area contributed by atoms with Gasteiger partial charge in [-0.1, -0.05) is 30.9 Å². The number of unbranched alkanes of at least 4 members (excludes halogenated alkanes) is 1. The van der Waals surface area contributed by atoms with Gasteiger partial charge in [-0.15, -0.1) is 6.58 Å². The van der Waals surface area contributed by atoms with Crippen LogP contribution in [0.25, 0.3) is 0 Å². The first kappa shape index (κ1) is 32.9. The summed E-state index contributed by atoms with van der Waals surface area (Å²) in [6, 6.07) is 5.93. The van der Waals surface area contributed by atoms with E-state index in [1.807, 2.05) is 12.1 Å². The van der Waals surface area contributed by atoms with Crippen molar-refractivity contribution < 1.29 is 33.6 Å². The van der Waals surface area contributed by atoms with Crippen LogP contribution in [0.1, 0.15) is 44.6 Å². The molecule has 0 unspecified atom stereocenters. The fourth-order valence-electron chi connectivity index (χ4n) is 3.91. The van der Waals surface area contributed by atoms with Gasteiger partial charge in [0, 0.05) is 19.3 Å². The van der Waals surface area contributed by atoms with Crippen molar-refractivity contribution in [3.8, 4) is 5.75 Å². The fraction of sp³-hybridized carbons (Fsp3) is 0.464. The van der Waals surface area contributed by atoms with E-state index in [9.17, 15) is 19.2 Å². The van der Waals surface area contributed by atoms with Crippen molar-refractivity contribution in [2.75, 3.05) is 19.8 Å². The molecule has 0 saturated carbocycles. The maximum absolute atomic E-state index is 13.4. The van der Waals surface area contributed by atoms with Crippen molar-refractivity contribution in [3.05, 3.63) is 55.1 Å². The Balaban J connectivity index is 3.01. The summed E-state index contributed by atoms with van der Waals surface area (Å²) >= 11 is 0. The topological polar surface area (TPSA) is 177 Å². The Kier molecular flexibility index (Phi) is 16.0. The van der Waals surface area contributed by atoms with Gasteiger partial charge in [-0.25, -0.2) is 0 Å². The minimum atomic E-state index is -0.812. The highest BCUT2D eigenvalue weighted by Crippen LogP contribution is 2.18. The number of carbonyl (C=O) groups is 4. The van der Waals surface area contributed by atoms with Crippen LogP contribution in [0.15, 0.2) is 49.6 Å². The summed E-state index contributed by atoms with van der Waals surface area (Å²) in [4.78, 5) is 52.0. The van der Waals surface area contributed by atoms with Gasteiger partial charge in [0.1, 0.15) is 19.0 Å². The Hall–Kier alpha value is -4.15. The summed E-state index contributed by atoms with van der Waals surface area (Å²) in [6.45, 7) is 9.83. The molecule has 0 spiro atoms. The van der Waals surface area contributed by atoms with E-state index in [0.717, 1.165) is 5.56 Å². The summed E-state index contributed by atoms with van der Waals surface area (Å²) < 4.78 is 10.3. The molecule has 7 N–H and O–H groups in total. The monoisotopic (exact) mass is 544 g/mol. The normalized spacial score (nSPS) is 12.6. The zero-order valence-corrected chi connectivity index (χ0v) is 22.7. The molecular formula is C28H42N5O6+. The first-order valence-corrected chi connectivity index (χ1v) is 12.9. The van der Waals surface area contributed by atoms with Crippen LogP contribution in [0.2, 0.25) is 0 Å². The molecule has 0 aliphatic heterocycles. The van der Waals surface area contributed by atoms with Gasteiger partial charge in [-0.05, 0) is 49.8 Å². The third-order valence-corrected chi connectivity index (χ3v) is 5.79. The summed E-state index contributed by atoms with van der Waals surface area (Å²) in [6.07, 6.45) is 5.54. The van der Waals surface area contributed by atoms with Crippen LogP contribution in [0.5, 0.6) is 5.75 Å². The Morgan fingerprint density at radius 3 is 2.38 bits per heavy atom. The van der Waals surface area contributed by atoms with E-state index in [4.69, 9.17) is 20.9 Å². The SMILES string of the molecule is C=CCOc1ccc(C[C@H](NC(C)=O)C(=O)C[C@@H](CCCC[NH+]=C(N)N)C(=O)N[C@@H](CC=C)COC=O)cc1. The Morgan fingerprint density at radius 2 is 1.79 bits per heavy atom. The van der Waals surface area contributed by atoms with Gasteiger partial charge in [0.2, 0.25) is 11.8 Å². The third-order valence-electron chi connectivity index (χ3n) is 5.79. The van der Waals surface area contributed by atoms with E-state index in [-0.39, 0.29) is 43.0 Å². The molecule has 1 rings (SSSR count). The number of hydrogen-bond donors (Lipinski definition) is 5. The molecule has 11 nitrogen and oxygen atoms in total. The van der Waals surface area contributed by atoms with Gasteiger partial charge >= 0.3 is 5.96 Å². The largest absolute Gasteiger partial charge is 0.490 e. The second-order valence-corrected chi connectivity index (χ2v) is 9.11. The summed E-state index contributed by atoms with van der Waals surface area (Å²) in [5.74, 6) is -0.841. The highest BCUT2D eigenvalue weighted by atomic mass is 16.5. The average molecular weight is 545 g/mol. The van der Waals surface area contributed by atoms with Crippen molar-refractivity contribution in [1.29, 1.82) is 0 Å². The molecule has 0 bridgehead atoms. The molecule has 11 heteroatoms. The van der Waals surface area contributed by atoms with Gasteiger partial charge in [-0.2, -0.15) is 0 Å². The van der Waals surface area contributed by atoms with E-state index < -0.39 is 18.0 Å².